The van der Waals surface area contributed by atoms with Crippen molar-refractivity contribution in [3.05, 3.63) is 35.9 Å². The van der Waals surface area contributed by atoms with Crippen LogP contribution in [0.15, 0.2) is 24.5 Å². The third-order valence-electron chi connectivity index (χ3n) is 6.74. The summed E-state index contributed by atoms with van der Waals surface area (Å²) in [5, 5.41) is 11.8. The van der Waals surface area contributed by atoms with E-state index < -0.39 is 5.60 Å². The second-order valence-electron chi connectivity index (χ2n) is 8.45. The van der Waals surface area contributed by atoms with E-state index in [0.717, 1.165) is 61.1 Å². The lowest BCUT2D eigenvalue weighted by atomic mass is 9.65. The lowest BCUT2D eigenvalue weighted by Crippen LogP contribution is -2.58. The molecule has 1 aliphatic carbocycles. The predicted octanol–water partition coefficient (Wildman–Crippen LogP) is 2.67. The number of nitrogens with zero attached hydrogens (tertiary/aromatic N) is 3. The lowest BCUT2D eigenvalue weighted by molar-refractivity contribution is -0.155. The van der Waals surface area contributed by atoms with E-state index in [1.807, 2.05) is 36.9 Å². The summed E-state index contributed by atoms with van der Waals surface area (Å²) >= 11 is 0. The van der Waals surface area contributed by atoms with Crippen LogP contribution in [0.2, 0.25) is 0 Å². The maximum atomic E-state index is 11.8. The Kier molecular flexibility index (Phi) is 4.67. The van der Waals surface area contributed by atoms with Crippen LogP contribution in [0, 0.1) is 11.8 Å². The zero-order chi connectivity index (χ0) is 20.0. The summed E-state index contributed by atoms with van der Waals surface area (Å²) < 4.78 is 19.0. The van der Waals surface area contributed by atoms with Crippen molar-refractivity contribution in [1.29, 1.82) is 0 Å². The third kappa shape index (κ3) is 3.07. The molecule has 1 aromatic carbocycles. The average molecular weight is 399 g/mol. The smallest absolute Gasteiger partial charge is 0.231 e. The van der Waals surface area contributed by atoms with Crippen molar-refractivity contribution >= 4 is 0 Å². The highest BCUT2D eigenvalue weighted by molar-refractivity contribution is 5.51. The van der Waals surface area contributed by atoms with Crippen LogP contribution in [0.4, 0.5) is 0 Å². The molecule has 156 valence electrons. The normalized spacial score (nSPS) is 28.5. The highest BCUT2D eigenvalue weighted by Crippen LogP contribution is 2.49. The molecule has 7 nitrogen and oxygen atoms in total. The molecule has 2 aromatic rings. The van der Waals surface area contributed by atoms with E-state index in [2.05, 4.69) is 9.88 Å². The summed E-state index contributed by atoms with van der Waals surface area (Å²) in [7, 11) is 1.98. The molecule has 29 heavy (non-hydrogen) atoms. The van der Waals surface area contributed by atoms with Crippen molar-refractivity contribution in [2.75, 3.05) is 26.5 Å². The first kappa shape index (κ1) is 18.8. The first-order chi connectivity index (χ1) is 14.1. The minimum atomic E-state index is -0.843. The molecular formula is C22H29N3O4. The third-order valence-corrected chi connectivity index (χ3v) is 6.74. The van der Waals surface area contributed by atoms with Gasteiger partial charge < -0.3 is 23.9 Å². The molecule has 3 aliphatic rings. The number of likely N-dealkylation sites (tertiary alicyclic amines) is 1. The molecule has 2 unspecified atom stereocenters. The Labute approximate surface area is 171 Å². The highest BCUT2D eigenvalue weighted by Gasteiger charge is 2.53. The Balaban J connectivity index is 1.41. The molecule has 2 bridgehead atoms. The van der Waals surface area contributed by atoms with Gasteiger partial charge in [0, 0.05) is 62.5 Å². The molecule has 0 spiro atoms. The Hall–Kier alpha value is -2.25. The van der Waals surface area contributed by atoms with Crippen LogP contribution in [0.5, 0.6) is 17.2 Å². The molecule has 1 N–H and O–H groups in total. The summed E-state index contributed by atoms with van der Waals surface area (Å²) in [6, 6.07) is 3.98. The van der Waals surface area contributed by atoms with Crippen LogP contribution in [-0.4, -0.2) is 46.0 Å². The van der Waals surface area contributed by atoms with Crippen LogP contribution in [0.25, 0.3) is 0 Å². The fourth-order valence-corrected chi connectivity index (χ4v) is 5.41. The maximum absolute atomic E-state index is 11.8. The van der Waals surface area contributed by atoms with Gasteiger partial charge in [-0.3, -0.25) is 4.90 Å². The summed E-state index contributed by atoms with van der Waals surface area (Å²) in [4.78, 5) is 6.97. The SMILES string of the molecule is CCOc1cc2c(cc1CN1CC3CCCC(C1)C3(O)c1nccn1C)OCO2. The van der Waals surface area contributed by atoms with Crippen molar-refractivity contribution in [3.63, 3.8) is 0 Å². The number of imidazole rings is 1. The molecule has 7 heteroatoms. The first-order valence-corrected chi connectivity index (χ1v) is 10.6. The van der Waals surface area contributed by atoms with Crippen molar-refractivity contribution in [3.8, 4) is 17.2 Å². The molecule has 2 fully saturated rings. The van der Waals surface area contributed by atoms with Crippen molar-refractivity contribution in [2.45, 2.75) is 38.3 Å². The molecule has 1 saturated carbocycles. The van der Waals surface area contributed by atoms with Crippen LogP contribution < -0.4 is 14.2 Å². The van der Waals surface area contributed by atoms with E-state index in [4.69, 9.17) is 14.2 Å². The largest absolute Gasteiger partial charge is 0.493 e. The quantitative estimate of drug-likeness (QED) is 0.834. The van der Waals surface area contributed by atoms with Gasteiger partial charge in [0.1, 0.15) is 17.2 Å². The number of fused-ring (bicyclic) bond motifs is 3. The van der Waals surface area contributed by atoms with Gasteiger partial charge in [0.25, 0.3) is 0 Å². The van der Waals surface area contributed by atoms with Crippen molar-refractivity contribution in [2.24, 2.45) is 18.9 Å². The molecule has 5 rings (SSSR count). The number of hydrogen-bond donors (Lipinski definition) is 1. The van der Waals surface area contributed by atoms with Gasteiger partial charge in [0.05, 0.1) is 6.61 Å². The van der Waals surface area contributed by atoms with Gasteiger partial charge in [-0.25, -0.2) is 4.98 Å². The Morgan fingerprint density at radius 2 is 1.93 bits per heavy atom. The van der Waals surface area contributed by atoms with Gasteiger partial charge in [-0.15, -0.1) is 0 Å². The molecule has 2 aliphatic heterocycles. The van der Waals surface area contributed by atoms with Gasteiger partial charge in [-0.05, 0) is 25.8 Å². The topological polar surface area (TPSA) is 69.0 Å². The number of aromatic nitrogens is 2. The molecule has 0 radical (unpaired) electrons. The fourth-order valence-electron chi connectivity index (χ4n) is 5.41. The number of piperidine rings is 1. The maximum Gasteiger partial charge on any atom is 0.231 e. The summed E-state index contributed by atoms with van der Waals surface area (Å²) in [6.45, 7) is 5.33. The van der Waals surface area contributed by atoms with Gasteiger partial charge >= 0.3 is 0 Å². The van der Waals surface area contributed by atoms with Gasteiger partial charge in [0.15, 0.2) is 11.5 Å². The Morgan fingerprint density at radius 1 is 1.21 bits per heavy atom. The number of ether oxygens (including phenoxy) is 3. The minimum absolute atomic E-state index is 0.181. The van der Waals surface area contributed by atoms with Crippen molar-refractivity contribution in [1.82, 2.24) is 14.5 Å². The Bertz CT molecular complexity index is 882. The number of aliphatic hydroxyl groups is 1. The molecular weight excluding hydrogens is 370 g/mol. The molecule has 1 saturated heterocycles. The van der Waals surface area contributed by atoms with Gasteiger partial charge in [-0.2, -0.15) is 0 Å². The first-order valence-electron chi connectivity index (χ1n) is 10.6. The standard InChI is InChI=1S/C22H29N3O4/c1-3-27-18-10-20-19(28-14-29-20)9-15(18)11-25-12-16-5-4-6-17(13-25)22(16,26)21-23-7-8-24(21)2/h7-10,16-17,26H,3-6,11-14H2,1-2H3. The lowest BCUT2D eigenvalue weighted by Gasteiger charge is -2.52. The number of rotatable bonds is 5. The van der Waals surface area contributed by atoms with E-state index in [9.17, 15) is 5.11 Å². The molecule has 1 aromatic heterocycles. The van der Waals surface area contributed by atoms with Crippen LogP contribution in [0.1, 0.15) is 37.6 Å². The van der Waals surface area contributed by atoms with Gasteiger partial charge in [0.2, 0.25) is 6.79 Å². The minimum Gasteiger partial charge on any atom is -0.493 e. The zero-order valence-corrected chi connectivity index (χ0v) is 17.1. The van der Waals surface area contributed by atoms with Crippen molar-refractivity contribution < 1.29 is 19.3 Å². The van der Waals surface area contributed by atoms with Crippen LogP contribution in [-0.2, 0) is 19.2 Å². The fraction of sp³-hybridized carbons (Fsp3) is 0.591. The van der Waals surface area contributed by atoms with E-state index in [0.29, 0.717) is 6.61 Å². The number of benzene rings is 1. The van der Waals surface area contributed by atoms with E-state index >= 15 is 0 Å². The van der Waals surface area contributed by atoms with Crippen LogP contribution in [0.3, 0.4) is 0 Å². The van der Waals surface area contributed by atoms with E-state index in [1.54, 1.807) is 6.20 Å². The zero-order valence-electron chi connectivity index (χ0n) is 17.1. The monoisotopic (exact) mass is 399 g/mol. The second kappa shape index (κ2) is 7.22. The molecule has 0 amide bonds. The van der Waals surface area contributed by atoms with E-state index in [1.165, 1.54) is 6.42 Å². The second-order valence-corrected chi connectivity index (χ2v) is 8.45. The molecule has 3 heterocycles. The van der Waals surface area contributed by atoms with Crippen LogP contribution >= 0.6 is 0 Å². The van der Waals surface area contributed by atoms with E-state index in [-0.39, 0.29) is 18.6 Å². The van der Waals surface area contributed by atoms with Gasteiger partial charge in [-0.1, -0.05) is 6.42 Å². The highest BCUT2D eigenvalue weighted by atomic mass is 16.7. The summed E-state index contributed by atoms with van der Waals surface area (Å²) in [6.07, 6.45) is 6.93. The molecule has 2 atom stereocenters. The number of hydrogen-bond acceptors (Lipinski definition) is 6. The predicted molar refractivity (Wildman–Crippen MR) is 107 cm³/mol. The Morgan fingerprint density at radius 3 is 2.59 bits per heavy atom. The summed E-state index contributed by atoms with van der Waals surface area (Å²) in [5.41, 5.74) is 0.265. The summed E-state index contributed by atoms with van der Waals surface area (Å²) in [5.74, 6) is 3.56. The number of aryl methyl sites for hydroxylation is 1. The average Bonchev–Trinajstić information content (AvgIpc) is 3.31.